The van der Waals surface area contributed by atoms with E-state index in [0.717, 1.165) is 36.9 Å². The highest BCUT2D eigenvalue weighted by Gasteiger charge is 2.56. The highest BCUT2D eigenvalue weighted by molar-refractivity contribution is 6.07. The zero-order valence-electron chi connectivity index (χ0n) is 16.7. The summed E-state index contributed by atoms with van der Waals surface area (Å²) in [5.41, 5.74) is 1.70. The van der Waals surface area contributed by atoms with Crippen molar-refractivity contribution in [3.05, 3.63) is 65.5 Å². The molecule has 2 aromatic rings. The number of nitrogens with zero attached hydrogens (tertiary/aromatic N) is 2. The van der Waals surface area contributed by atoms with E-state index in [0.29, 0.717) is 6.54 Å². The number of rotatable bonds is 3. The monoisotopic (exact) mass is 408 g/mol. The van der Waals surface area contributed by atoms with Crippen LogP contribution in [-0.4, -0.2) is 47.1 Å². The van der Waals surface area contributed by atoms with Gasteiger partial charge >= 0.3 is 0 Å². The van der Waals surface area contributed by atoms with E-state index in [1.54, 1.807) is 21.9 Å². The predicted molar refractivity (Wildman–Crippen MR) is 111 cm³/mol. The second kappa shape index (κ2) is 7.51. The Balaban J connectivity index is 1.52. The number of carbonyl (C=O) groups excluding carboxylic acids is 2. The van der Waals surface area contributed by atoms with Gasteiger partial charge in [0.05, 0.1) is 24.3 Å². The highest BCUT2D eigenvalue weighted by atomic mass is 19.1. The van der Waals surface area contributed by atoms with Gasteiger partial charge in [0.25, 0.3) is 5.91 Å². The third kappa shape index (κ3) is 2.85. The lowest BCUT2D eigenvalue weighted by molar-refractivity contribution is -0.154. The molecule has 1 aliphatic carbocycles. The first-order valence-electron chi connectivity index (χ1n) is 10.7. The van der Waals surface area contributed by atoms with Crippen molar-refractivity contribution in [2.75, 3.05) is 18.1 Å². The Labute approximate surface area is 175 Å². The van der Waals surface area contributed by atoms with Crippen LogP contribution in [0.15, 0.2) is 48.5 Å². The fraction of sp³-hybridized carbons (Fsp3) is 0.417. The molecule has 3 atom stereocenters. The number of hydrogen-bond acceptors (Lipinski definition) is 3. The second-order valence-corrected chi connectivity index (χ2v) is 8.52. The first-order chi connectivity index (χ1) is 14.6. The lowest BCUT2D eigenvalue weighted by atomic mass is 9.71. The largest absolute Gasteiger partial charge is 0.394 e. The lowest BCUT2D eigenvalue weighted by Crippen LogP contribution is -2.71. The van der Waals surface area contributed by atoms with Crippen LogP contribution in [-0.2, 0) is 4.79 Å². The Morgan fingerprint density at radius 3 is 2.47 bits per heavy atom. The van der Waals surface area contributed by atoms with E-state index in [1.807, 2.05) is 24.3 Å². The quantitative estimate of drug-likeness (QED) is 0.848. The summed E-state index contributed by atoms with van der Waals surface area (Å²) in [7, 11) is 0. The number of fused-ring (bicyclic) bond motifs is 3. The van der Waals surface area contributed by atoms with Crippen LogP contribution in [0, 0.1) is 11.7 Å². The molecule has 5 nitrogen and oxygen atoms in total. The van der Waals surface area contributed by atoms with Crippen molar-refractivity contribution in [2.45, 2.75) is 43.7 Å². The summed E-state index contributed by atoms with van der Waals surface area (Å²) in [5, 5.41) is 10.1. The normalized spacial score (nSPS) is 25.5. The number of hydrogen-bond donors (Lipinski definition) is 1. The molecule has 6 heteroatoms. The van der Waals surface area contributed by atoms with Crippen molar-refractivity contribution in [2.24, 2.45) is 5.92 Å². The molecule has 156 valence electrons. The van der Waals surface area contributed by atoms with Gasteiger partial charge in [0, 0.05) is 24.1 Å². The number of benzene rings is 2. The van der Waals surface area contributed by atoms with Gasteiger partial charge in [-0.3, -0.25) is 9.59 Å². The first-order valence-corrected chi connectivity index (χ1v) is 10.7. The third-order valence-corrected chi connectivity index (χ3v) is 7.00. The molecule has 2 heterocycles. The zero-order valence-corrected chi connectivity index (χ0v) is 16.7. The van der Waals surface area contributed by atoms with Crippen molar-refractivity contribution < 1.29 is 19.1 Å². The molecule has 2 amide bonds. The number of anilines is 1. The number of carbonyl (C=O) groups is 2. The summed E-state index contributed by atoms with van der Waals surface area (Å²) in [6.07, 6.45) is 3.89. The topological polar surface area (TPSA) is 60.9 Å². The molecule has 30 heavy (non-hydrogen) atoms. The lowest BCUT2D eigenvalue weighted by Gasteiger charge is -2.59. The summed E-state index contributed by atoms with van der Waals surface area (Å²) in [5.74, 6) is -0.873. The molecular formula is C24H25FN2O3. The van der Waals surface area contributed by atoms with Crippen molar-refractivity contribution in [1.82, 2.24) is 4.90 Å². The van der Waals surface area contributed by atoms with Crippen LogP contribution < -0.4 is 4.90 Å². The maximum absolute atomic E-state index is 14.3. The minimum absolute atomic E-state index is 0.00731. The van der Waals surface area contributed by atoms with Gasteiger partial charge in [-0.1, -0.05) is 43.2 Å². The van der Waals surface area contributed by atoms with Crippen LogP contribution in [0.5, 0.6) is 0 Å². The molecule has 2 fully saturated rings. The Morgan fingerprint density at radius 1 is 1.03 bits per heavy atom. The number of halogens is 1. The maximum Gasteiger partial charge on any atom is 0.261 e. The number of aliphatic hydroxyl groups is 1. The molecule has 0 aromatic heterocycles. The average molecular weight is 408 g/mol. The number of likely N-dealkylation sites (tertiary alicyclic amines) is 1. The number of amides is 2. The Bertz CT molecular complexity index is 988. The van der Waals surface area contributed by atoms with Gasteiger partial charge in [-0.05, 0) is 36.6 Å². The van der Waals surface area contributed by atoms with Crippen molar-refractivity contribution in [3.8, 4) is 0 Å². The summed E-state index contributed by atoms with van der Waals surface area (Å²) < 4.78 is 14.3. The molecule has 2 aliphatic heterocycles. The van der Waals surface area contributed by atoms with E-state index < -0.39 is 11.7 Å². The van der Waals surface area contributed by atoms with Crippen LogP contribution in [0.25, 0.3) is 0 Å². The van der Waals surface area contributed by atoms with E-state index in [4.69, 9.17) is 0 Å². The molecule has 5 rings (SSSR count). The summed E-state index contributed by atoms with van der Waals surface area (Å²) in [6.45, 7) is 0.207. The van der Waals surface area contributed by atoms with E-state index in [1.165, 1.54) is 12.1 Å². The summed E-state index contributed by atoms with van der Waals surface area (Å²) in [6, 6.07) is 13.1. The van der Waals surface area contributed by atoms with E-state index in [-0.39, 0.29) is 42.0 Å². The smallest absolute Gasteiger partial charge is 0.261 e. The van der Waals surface area contributed by atoms with Crippen LogP contribution in [0.1, 0.15) is 47.5 Å². The van der Waals surface area contributed by atoms with E-state index >= 15 is 0 Å². The average Bonchev–Trinajstić information content (AvgIpc) is 3.29. The van der Waals surface area contributed by atoms with Gasteiger partial charge in [0.15, 0.2) is 0 Å². The Morgan fingerprint density at radius 2 is 1.73 bits per heavy atom. The minimum Gasteiger partial charge on any atom is -0.394 e. The van der Waals surface area contributed by atoms with E-state index in [2.05, 4.69) is 0 Å². The third-order valence-electron chi connectivity index (χ3n) is 7.00. The molecule has 1 saturated carbocycles. The van der Waals surface area contributed by atoms with Gasteiger partial charge in [-0.15, -0.1) is 0 Å². The van der Waals surface area contributed by atoms with Crippen LogP contribution in [0.4, 0.5) is 10.1 Å². The highest BCUT2D eigenvalue weighted by Crippen LogP contribution is 2.49. The summed E-state index contributed by atoms with van der Waals surface area (Å²) >= 11 is 0. The van der Waals surface area contributed by atoms with Crippen molar-refractivity contribution >= 4 is 17.5 Å². The molecule has 2 aromatic carbocycles. The number of para-hydroxylation sites is 1. The molecule has 0 unspecified atom stereocenters. The second-order valence-electron chi connectivity index (χ2n) is 8.52. The predicted octanol–water partition coefficient (Wildman–Crippen LogP) is 3.33. The molecule has 0 bridgehead atoms. The maximum atomic E-state index is 14.3. The van der Waals surface area contributed by atoms with Gasteiger partial charge < -0.3 is 14.9 Å². The molecule has 0 spiro atoms. The Kier molecular flexibility index (Phi) is 4.82. The molecule has 0 radical (unpaired) electrons. The van der Waals surface area contributed by atoms with Crippen LogP contribution >= 0.6 is 0 Å². The Hall–Kier alpha value is -2.73. The van der Waals surface area contributed by atoms with Gasteiger partial charge in [-0.2, -0.15) is 0 Å². The molecular weight excluding hydrogens is 383 g/mol. The van der Waals surface area contributed by atoms with Crippen molar-refractivity contribution in [1.29, 1.82) is 0 Å². The fourth-order valence-electron chi connectivity index (χ4n) is 5.55. The summed E-state index contributed by atoms with van der Waals surface area (Å²) in [4.78, 5) is 29.9. The molecule has 1 N–H and O–H groups in total. The van der Waals surface area contributed by atoms with Gasteiger partial charge in [-0.25, -0.2) is 4.39 Å². The zero-order chi connectivity index (χ0) is 20.8. The van der Waals surface area contributed by atoms with Crippen LogP contribution in [0.2, 0.25) is 0 Å². The SMILES string of the molecule is O=C(c1ccccc1F)N1C[C@H]2[C@@H](c3ccccc31)[C@@H](CO)N2C(=O)C1CCCC1. The van der Waals surface area contributed by atoms with Gasteiger partial charge in [0.1, 0.15) is 5.82 Å². The molecule has 1 saturated heterocycles. The molecule has 3 aliphatic rings. The fourth-order valence-corrected chi connectivity index (χ4v) is 5.55. The number of aliphatic hydroxyl groups excluding tert-OH is 1. The first kappa shape index (κ1) is 19.2. The van der Waals surface area contributed by atoms with E-state index in [9.17, 15) is 19.1 Å². The van der Waals surface area contributed by atoms with Crippen molar-refractivity contribution in [3.63, 3.8) is 0 Å². The van der Waals surface area contributed by atoms with Gasteiger partial charge in [0.2, 0.25) is 5.91 Å². The minimum atomic E-state index is -0.553. The van der Waals surface area contributed by atoms with Crippen LogP contribution in [0.3, 0.4) is 0 Å². The standard InChI is InChI=1S/C24H25FN2O3/c25-18-11-5-3-9-16(18)24(30)26-13-20-22(17-10-4-6-12-19(17)26)21(14-28)27(20)23(29)15-7-1-2-8-15/h3-6,9-12,15,20-22,28H,1-2,7-8,13-14H2/t20-,21+,22+/m0/s1.